The lowest BCUT2D eigenvalue weighted by molar-refractivity contribution is 0.0366. The van der Waals surface area contributed by atoms with Gasteiger partial charge in [-0.05, 0) is 66.2 Å². The summed E-state index contributed by atoms with van der Waals surface area (Å²) in [6.07, 6.45) is 7.72. The quantitative estimate of drug-likeness (QED) is 0.513. The largest absolute Gasteiger partial charge is 0.507 e. The third-order valence-electron chi connectivity index (χ3n) is 4.97. The molecule has 0 amide bonds. The molecule has 1 aliphatic carbocycles. The molecule has 0 radical (unpaired) electrons. The fourth-order valence-electron chi connectivity index (χ4n) is 3.55. The van der Waals surface area contributed by atoms with Crippen LogP contribution in [0.15, 0.2) is 30.4 Å². The summed E-state index contributed by atoms with van der Waals surface area (Å²) in [5.74, 6) is -0.171. The van der Waals surface area contributed by atoms with E-state index in [2.05, 4.69) is 47.6 Å². The lowest BCUT2D eigenvalue weighted by Gasteiger charge is -2.36. The molecule has 0 bridgehead atoms. The van der Waals surface area contributed by atoms with E-state index < -0.39 is 5.97 Å². The lowest BCUT2D eigenvalue weighted by Crippen LogP contribution is -2.24. The Hall–Kier alpha value is -1.77. The summed E-state index contributed by atoms with van der Waals surface area (Å²) >= 11 is 0. The van der Waals surface area contributed by atoms with Crippen molar-refractivity contribution in [2.45, 2.75) is 79.2 Å². The van der Waals surface area contributed by atoms with Gasteiger partial charge < -0.3 is 9.84 Å². The minimum Gasteiger partial charge on any atom is -0.507 e. The Kier molecular flexibility index (Phi) is 6.21. The number of phenolic OH excluding ortho intramolecular Hbond substituents is 1. The number of esters is 1. The van der Waals surface area contributed by atoms with Crippen LogP contribution < -0.4 is 0 Å². The summed E-state index contributed by atoms with van der Waals surface area (Å²) in [6, 6.07) is 5.39. The van der Waals surface area contributed by atoms with Crippen LogP contribution >= 0.6 is 0 Å². The van der Waals surface area contributed by atoms with Gasteiger partial charge in [-0.2, -0.15) is 0 Å². The predicted molar refractivity (Wildman–Crippen MR) is 107 cm³/mol. The van der Waals surface area contributed by atoms with Gasteiger partial charge in [-0.25, -0.2) is 4.79 Å². The van der Waals surface area contributed by atoms with Gasteiger partial charge in [0.05, 0.1) is 0 Å². The molecule has 0 heterocycles. The molecule has 0 spiro atoms. The second kappa shape index (κ2) is 7.85. The predicted octanol–water partition coefficient (Wildman–Crippen LogP) is 6.22. The van der Waals surface area contributed by atoms with Crippen molar-refractivity contribution in [3.8, 4) is 5.75 Å². The normalized spacial score (nSPS) is 19.2. The van der Waals surface area contributed by atoms with Gasteiger partial charge in [-0.15, -0.1) is 0 Å². The van der Waals surface area contributed by atoms with Gasteiger partial charge in [0.1, 0.15) is 17.4 Å². The van der Waals surface area contributed by atoms with E-state index in [0.717, 1.165) is 31.2 Å². The summed E-state index contributed by atoms with van der Waals surface area (Å²) in [5, 5.41) is 10.2. The van der Waals surface area contributed by atoms with Crippen LogP contribution in [0.5, 0.6) is 5.75 Å². The van der Waals surface area contributed by atoms with Crippen molar-refractivity contribution >= 4 is 5.97 Å². The number of rotatable bonds is 4. The Morgan fingerprint density at radius 3 is 2.46 bits per heavy atom. The second-order valence-corrected chi connectivity index (χ2v) is 9.76. The van der Waals surface area contributed by atoms with E-state index in [9.17, 15) is 9.90 Å². The Morgan fingerprint density at radius 1 is 1.23 bits per heavy atom. The highest BCUT2D eigenvalue weighted by molar-refractivity contribution is 5.92. The van der Waals surface area contributed by atoms with Crippen LogP contribution in [0.1, 0.15) is 89.1 Å². The van der Waals surface area contributed by atoms with E-state index in [1.54, 1.807) is 6.07 Å². The van der Waals surface area contributed by atoms with E-state index in [-0.39, 0.29) is 34.2 Å². The van der Waals surface area contributed by atoms with E-state index in [1.807, 2.05) is 18.2 Å². The first-order valence-corrected chi connectivity index (χ1v) is 9.68. The molecule has 2 rings (SSSR count). The van der Waals surface area contributed by atoms with Crippen molar-refractivity contribution < 1.29 is 14.6 Å². The number of hydrogen-bond donors (Lipinski definition) is 1. The number of carbonyl (C=O) groups excluding carboxylic acids is 1. The number of hydrogen-bond acceptors (Lipinski definition) is 3. The fraction of sp³-hybridized carbons (Fsp3) is 0.609. The summed E-state index contributed by atoms with van der Waals surface area (Å²) in [4.78, 5) is 12.6. The van der Waals surface area contributed by atoms with E-state index in [0.29, 0.717) is 0 Å². The maximum absolute atomic E-state index is 12.6. The highest BCUT2D eigenvalue weighted by Gasteiger charge is 2.31. The molecule has 0 saturated carbocycles. The zero-order valence-corrected chi connectivity index (χ0v) is 17.1. The second-order valence-electron chi connectivity index (χ2n) is 9.76. The van der Waals surface area contributed by atoms with Crippen LogP contribution in [0, 0.1) is 10.8 Å². The monoisotopic (exact) mass is 358 g/mol. The molecule has 0 aliphatic heterocycles. The number of phenols is 1. The third kappa shape index (κ3) is 5.62. The zero-order chi connectivity index (χ0) is 19.5. The van der Waals surface area contributed by atoms with Crippen LogP contribution in [-0.2, 0) is 4.74 Å². The molecule has 2 unspecified atom stereocenters. The van der Waals surface area contributed by atoms with Gasteiger partial charge in [0.2, 0.25) is 0 Å². The Balaban J connectivity index is 2.30. The van der Waals surface area contributed by atoms with Crippen LogP contribution in [0.25, 0.3) is 0 Å². The van der Waals surface area contributed by atoms with Crippen molar-refractivity contribution in [3.63, 3.8) is 0 Å². The Bertz CT molecular complexity index is 659. The van der Waals surface area contributed by atoms with Crippen molar-refractivity contribution in [2.75, 3.05) is 0 Å². The van der Waals surface area contributed by atoms with Crippen LogP contribution in [0.2, 0.25) is 0 Å². The van der Waals surface area contributed by atoms with Crippen molar-refractivity contribution in [1.29, 1.82) is 0 Å². The topological polar surface area (TPSA) is 46.5 Å². The van der Waals surface area contributed by atoms with Gasteiger partial charge in [0.25, 0.3) is 0 Å². The Morgan fingerprint density at radius 2 is 1.92 bits per heavy atom. The average molecular weight is 359 g/mol. The van der Waals surface area contributed by atoms with Crippen LogP contribution in [0.3, 0.4) is 0 Å². The van der Waals surface area contributed by atoms with Crippen LogP contribution in [0.4, 0.5) is 0 Å². The molecule has 0 saturated heterocycles. The molecule has 1 aromatic rings. The molecule has 3 nitrogen and oxygen atoms in total. The fourth-order valence-corrected chi connectivity index (χ4v) is 3.55. The molecule has 1 aromatic carbocycles. The number of aromatic hydroxyl groups is 1. The Labute approximate surface area is 158 Å². The van der Waals surface area contributed by atoms with E-state index in [1.165, 1.54) is 0 Å². The molecule has 144 valence electrons. The van der Waals surface area contributed by atoms with Gasteiger partial charge >= 0.3 is 5.97 Å². The lowest BCUT2D eigenvalue weighted by atomic mass is 9.69. The molecular formula is C23H34O3. The molecule has 1 N–H and O–H groups in total. The third-order valence-corrected chi connectivity index (χ3v) is 4.97. The van der Waals surface area contributed by atoms with E-state index >= 15 is 0 Å². The SMILES string of the molecule is CC(C)(C)CC(c1ccc(O)c(C(=O)OC2C=CCCC2)c1)C(C)(C)C. The molecule has 3 heteroatoms. The van der Waals surface area contributed by atoms with Gasteiger partial charge in [-0.3, -0.25) is 0 Å². The minimum atomic E-state index is -0.440. The highest BCUT2D eigenvalue weighted by Crippen LogP contribution is 2.43. The average Bonchev–Trinajstić information content (AvgIpc) is 2.52. The number of benzene rings is 1. The standard InChI is InChI=1S/C23H34O3/c1-22(2,3)15-19(23(4,5)6)16-12-13-20(24)18(14-16)21(25)26-17-10-8-7-9-11-17/h8,10,12-14,17,19,24H,7,9,11,15H2,1-6H3. The van der Waals surface area contributed by atoms with Crippen molar-refractivity contribution in [1.82, 2.24) is 0 Å². The first-order valence-electron chi connectivity index (χ1n) is 9.68. The number of allylic oxidation sites excluding steroid dienone is 1. The number of ether oxygens (including phenoxy) is 1. The summed E-state index contributed by atoms with van der Waals surface area (Å²) < 4.78 is 5.59. The first kappa shape index (κ1) is 20.5. The van der Waals surface area contributed by atoms with Gasteiger partial charge in [0.15, 0.2) is 0 Å². The van der Waals surface area contributed by atoms with Gasteiger partial charge in [0, 0.05) is 0 Å². The molecule has 26 heavy (non-hydrogen) atoms. The minimum absolute atomic E-state index is 0.0121. The van der Waals surface area contributed by atoms with Gasteiger partial charge in [-0.1, -0.05) is 53.7 Å². The van der Waals surface area contributed by atoms with Crippen molar-refractivity contribution in [2.24, 2.45) is 10.8 Å². The molecule has 2 atom stereocenters. The highest BCUT2D eigenvalue weighted by atomic mass is 16.5. The smallest absolute Gasteiger partial charge is 0.342 e. The molecule has 0 aromatic heterocycles. The molecule has 1 aliphatic rings. The van der Waals surface area contributed by atoms with E-state index in [4.69, 9.17) is 4.74 Å². The van der Waals surface area contributed by atoms with Crippen LogP contribution in [-0.4, -0.2) is 17.2 Å². The zero-order valence-electron chi connectivity index (χ0n) is 17.1. The summed E-state index contributed by atoms with van der Waals surface area (Å²) in [7, 11) is 0. The maximum atomic E-state index is 12.6. The first-order chi connectivity index (χ1) is 12.0. The summed E-state index contributed by atoms with van der Waals surface area (Å²) in [5.41, 5.74) is 1.57. The van der Waals surface area contributed by atoms with Crippen molar-refractivity contribution in [3.05, 3.63) is 41.5 Å². The molecular weight excluding hydrogens is 324 g/mol. The number of carbonyl (C=O) groups is 1. The summed E-state index contributed by atoms with van der Waals surface area (Å²) in [6.45, 7) is 13.4. The molecule has 0 fully saturated rings. The maximum Gasteiger partial charge on any atom is 0.342 e.